The molecule has 2 saturated heterocycles. The molecule has 2 aliphatic rings. The number of nitrogens with one attached hydrogen (secondary N) is 1. The summed E-state index contributed by atoms with van der Waals surface area (Å²) in [6.07, 6.45) is 3.68. The Morgan fingerprint density at radius 3 is 3.05 bits per heavy atom. The van der Waals surface area contributed by atoms with Gasteiger partial charge in [0.2, 0.25) is 0 Å². The Balaban J connectivity index is 1.76. The second-order valence-corrected chi connectivity index (χ2v) is 5.90. The van der Waals surface area contributed by atoms with Crippen LogP contribution in [0.3, 0.4) is 0 Å². The van der Waals surface area contributed by atoms with Crippen molar-refractivity contribution in [3.8, 4) is 0 Å². The predicted octanol–water partition coefficient (Wildman–Crippen LogP) is 2.96. The van der Waals surface area contributed by atoms with Gasteiger partial charge in [0.05, 0.1) is 0 Å². The third-order valence-corrected chi connectivity index (χ3v) is 4.69. The summed E-state index contributed by atoms with van der Waals surface area (Å²) in [4.78, 5) is 2.54. The number of hydrogen-bond donors (Lipinski definition) is 1. The lowest BCUT2D eigenvalue weighted by molar-refractivity contribution is 0.228. The molecule has 0 aliphatic carbocycles. The highest BCUT2D eigenvalue weighted by atomic mass is 19.1. The Hall–Kier alpha value is -0.930. The van der Waals surface area contributed by atoms with Gasteiger partial charge in [-0.2, -0.15) is 0 Å². The molecular formula is C16H23FN2. The van der Waals surface area contributed by atoms with E-state index in [-0.39, 0.29) is 5.82 Å². The fraction of sp³-hybridized carbons (Fsp3) is 0.625. The zero-order chi connectivity index (χ0) is 13.2. The number of nitrogens with zero attached hydrogens (tertiary/aromatic N) is 1. The van der Waals surface area contributed by atoms with Crippen LogP contribution < -0.4 is 5.32 Å². The fourth-order valence-electron chi connectivity index (χ4n) is 3.75. The van der Waals surface area contributed by atoms with Crippen LogP contribution in [0.15, 0.2) is 24.3 Å². The Kier molecular flexibility index (Phi) is 3.85. The van der Waals surface area contributed by atoms with E-state index in [2.05, 4.69) is 23.2 Å². The van der Waals surface area contributed by atoms with Crippen molar-refractivity contribution in [3.05, 3.63) is 35.6 Å². The lowest BCUT2D eigenvalue weighted by Crippen LogP contribution is -2.40. The first-order chi connectivity index (χ1) is 9.28. The highest BCUT2D eigenvalue weighted by Gasteiger charge is 2.37. The highest BCUT2D eigenvalue weighted by Crippen LogP contribution is 2.33. The van der Waals surface area contributed by atoms with Crippen molar-refractivity contribution in [2.24, 2.45) is 5.92 Å². The summed E-state index contributed by atoms with van der Waals surface area (Å²) in [7, 11) is 0. The average Bonchev–Trinajstić information content (AvgIpc) is 2.83. The van der Waals surface area contributed by atoms with E-state index in [9.17, 15) is 4.39 Å². The van der Waals surface area contributed by atoms with Gasteiger partial charge < -0.3 is 5.32 Å². The quantitative estimate of drug-likeness (QED) is 0.901. The van der Waals surface area contributed by atoms with Crippen molar-refractivity contribution >= 4 is 0 Å². The number of piperidine rings is 1. The molecule has 2 aliphatic heterocycles. The van der Waals surface area contributed by atoms with Gasteiger partial charge in [0.1, 0.15) is 5.82 Å². The van der Waals surface area contributed by atoms with E-state index in [1.807, 2.05) is 6.07 Å². The van der Waals surface area contributed by atoms with Crippen molar-refractivity contribution in [1.82, 2.24) is 10.2 Å². The number of fused-ring (bicyclic) bond motifs is 1. The molecule has 0 spiro atoms. The molecule has 1 aromatic carbocycles. The molecule has 0 bridgehead atoms. The van der Waals surface area contributed by atoms with Crippen LogP contribution in [0.1, 0.15) is 37.8 Å². The lowest BCUT2D eigenvalue weighted by atomic mass is 9.94. The molecule has 0 radical (unpaired) electrons. The van der Waals surface area contributed by atoms with Gasteiger partial charge in [0.25, 0.3) is 0 Å². The van der Waals surface area contributed by atoms with E-state index in [0.29, 0.717) is 12.1 Å². The zero-order valence-electron chi connectivity index (χ0n) is 11.6. The van der Waals surface area contributed by atoms with Gasteiger partial charge in [-0.05, 0) is 49.4 Å². The molecular weight excluding hydrogens is 239 g/mol. The molecule has 1 N–H and O–H groups in total. The lowest BCUT2D eigenvalue weighted by Gasteiger charge is -2.27. The number of halogens is 1. The normalized spacial score (nSPS) is 29.2. The summed E-state index contributed by atoms with van der Waals surface area (Å²) in [5, 5.41) is 3.64. The van der Waals surface area contributed by atoms with E-state index in [1.54, 1.807) is 6.07 Å². The zero-order valence-corrected chi connectivity index (χ0v) is 11.6. The molecule has 3 rings (SSSR count). The van der Waals surface area contributed by atoms with Crippen molar-refractivity contribution in [2.45, 2.75) is 38.3 Å². The van der Waals surface area contributed by atoms with Crippen LogP contribution >= 0.6 is 0 Å². The van der Waals surface area contributed by atoms with Crippen molar-refractivity contribution in [2.75, 3.05) is 19.6 Å². The van der Waals surface area contributed by atoms with Gasteiger partial charge in [0.15, 0.2) is 0 Å². The highest BCUT2D eigenvalue weighted by molar-refractivity contribution is 5.21. The van der Waals surface area contributed by atoms with Gasteiger partial charge in [0, 0.05) is 25.2 Å². The molecule has 19 heavy (non-hydrogen) atoms. The minimum absolute atomic E-state index is 0.120. The first kappa shape index (κ1) is 13.1. The summed E-state index contributed by atoms with van der Waals surface area (Å²) < 4.78 is 13.4. The van der Waals surface area contributed by atoms with E-state index in [4.69, 9.17) is 0 Å². The minimum Gasteiger partial charge on any atom is -0.312 e. The minimum atomic E-state index is -0.120. The molecule has 3 atom stereocenters. The SMILES string of the molecule is CCC(c1cccc(F)c1)N1CC2CCCNC2C1. The molecule has 0 amide bonds. The number of likely N-dealkylation sites (tertiary alicyclic amines) is 1. The molecule has 1 aromatic rings. The smallest absolute Gasteiger partial charge is 0.123 e. The number of rotatable bonds is 3. The third kappa shape index (κ3) is 2.67. The van der Waals surface area contributed by atoms with Gasteiger partial charge in [-0.25, -0.2) is 4.39 Å². The monoisotopic (exact) mass is 262 g/mol. The summed E-state index contributed by atoms with van der Waals surface area (Å²) in [5.74, 6) is 0.669. The topological polar surface area (TPSA) is 15.3 Å². The summed E-state index contributed by atoms with van der Waals surface area (Å²) in [6.45, 7) is 5.63. The average molecular weight is 262 g/mol. The molecule has 104 valence electrons. The fourth-order valence-corrected chi connectivity index (χ4v) is 3.75. The van der Waals surface area contributed by atoms with Crippen LogP contribution in [0, 0.1) is 11.7 Å². The van der Waals surface area contributed by atoms with Crippen LogP contribution in [0.25, 0.3) is 0 Å². The number of benzene rings is 1. The van der Waals surface area contributed by atoms with Crippen LogP contribution in [-0.4, -0.2) is 30.6 Å². The Bertz CT molecular complexity index is 421. The summed E-state index contributed by atoms with van der Waals surface area (Å²) >= 11 is 0. The molecule has 3 heteroatoms. The Labute approximate surface area is 115 Å². The molecule has 2 nitrogen and oxygen atoms in total. The van der Waals surface area contributed by atoms with Gasteiger partial charge in [-0.15, -0.1) is 0 Å². The largest absolute Gasteiger partial charge is 0.312 e. The maximum Gasteiger partial charge on any atom is 0.123 e. The van der Waals surface area contributed by atoms with E-state index in [0.717, 1.165) is 37.5 Å². The predicted molar refractivity (Wildman–Crippen MR) is 75.5 cm³/mol. The maximum atomic E-state index is 13.4. The van der Waals surface area contributed by atoms with Crippen molar-refractivity contribution in [3.63, 3.8) is 0 Å². The van der Waals surface area contributed by atoms with Crippen molar-refractivity contribution < 1.29 is 4.39 Å². The van der Waals surface area contributed by atoms with Crippen LogP contribution in [0.5, 0.6) is 0 Å². The second kappa shape index (κ2) is 5.59. The Morgan fingerprint density at radius 2 is 2.32 bits per heavy atom. The summed E-state index contributed by atoms with van der Waals surface area (Å²) in [6, 6.07) is 8.13. The third-order valence-electron chi connectivity index (χ3n) is 4.69. The first-order valence-corrected chi connectivity index (χ1v) is 7.51. The second-order valence-electron chi connectivity index (χ2n) is 5.90. The molecule has 0 aromatic heterocycles. The molecule has 3 unspecified atom stereocenters. The Morgan fingerprint density at radius 1 is 1.42 bits per heavy atom. The summed E-state index contributed by atoms with van der Waals surface area (Å²) in [5.41, 5.74) is 1.13. The van der Waals surface area contributed by atoms with Crippen LogP contribution in [0.4, 0.5) is 4.39 Å². The van der Waals surface area contributed by atoms with Gasteiger partial charge >= 0.3 is 0 Å². The standard InChI is InChI=1S/C16H23FN2/c1-2-16(12-5-3-7-14(17)9-12)19-10-13-6-4-8-18-15(13)11-19/h3,5,7,9,13,15-16,18H,2,4,6,8,10-11H2,1H3. The van der Waals surface area contributed by atoms with Crippen LogP contribution in [-0.2, 0) is 0 Å². The van der Waals surface area contributed by atoms with Crippen LogP contribution in [0.2, 0.25) is 0 Å². The van der Waals surface area contributed by atoms with Gasteiger partial charge in [-0.1, -0.05) is 19.1 Å². The molecule has 2 fully saturated rings. The van der Waals surface area contributed by atoms with Gasteiger partial charge in [-0.3, -0.25) is 4.90 Å². The van der Waals surface area contributed by atoms with Crippen molar-refractivity contribution in [1.29, 1.82) is 0 Å². The molecule has 2 heterocycles. The molecule has 0 saturated carbocycles. The van der Waals surface area contributed by atoms with E-state index < -0.39 is 0 Å². The van der Waals surface area contributed by atoms with E-state index >= 15 is 0 Å². The van der Waals surface area contributed by atoms with E-state index in [1.165, 1.54) is 18.9 Å². The maximum absolute atomic E-state index is 13.4. The number of hydrogen-bond acceptors (Lipinski definition) is 2. The first-order valence-electron chi connectivity index (χ1n) is 7.51.